The summed E-state index contributed by atoms with van der Waals surface area (Å²) in [6, 6.07) is 14.3. The molecule has 1 aliphatic heterocycles. The zero-order chi connectivity index (χ0) is 16.4. The second kappa shape index (κ2) is 5.95. The van der Waals surface area contributed by atoms with Gasteiger partial charge in [-0.1, -0.05) is 0 Å². The molecule has 0 saturated carbocycles. The van der Waals surface area contributed by atoms with Crippen molar-refractivity contribution >= 4 is 34.5 Å². The summed E-state index contributed by atoms with van der Waals surface area (Å²) >= 11 is 4.30. The van der Waals surface area contributed by atoms with Crippen LogP contribution in [0.15, 0.2) is 63.4 Å². The SMILES string of the molecule is N#Cc1ccc(S(=O)(=O)c2ccc(N3C=NNC3S)cc2)cc1. The van der Waals surface area contributed by atoms with E-state index in [-0.39, 0.29) is 15.3 Å². The number of nitrogens with zero attached hydrogens (tertiary/aromatic N) is 3. The molecule has 2 aromatic carbocycles. The number of nitrogens with one attached hydrogen (secondary N) is 1. The van der Waals surface area contributed by atoms with E-state index in [2.05, 4.69) is 23.2 Å². The van der Waals surface area contributed by atoms with Crippen molar-refractivity contribution in [2.45, 2.75) is 15.3 Å². The minimum Gasteiger partial charge on any atom is -0.300 e. The second-order valence-corrected chi connectivity index (χ2v) is 7.23. The highest BCUT2D eigenvalue weighted by Crippen LogP contribution is 2.25. The van der Waals surface area contributed by atoms with E-state index in [4.69, 9.17) is 5.26 Å². The summed E-state index contributed by atoms with van der Waals surface area (Å²) in [6.45, 7) is 0. The van der Waals surface area contributed by atoms with Crippen LogP contribution in [0.3, 0.4) is 0 Å². The van der Waals surface area contributed by atoms with Gasteiger partial charge in [0.25, 0.3) is 0 Å². The first-order valence-electron chi connectivity index (χ1n) is 6.63. The van der Waals surface area contributed by atoms with Crippen LogP contribution in [0.2, 0.25) is 0 Å². The number of hydrogen-bond acceptors (Lipinski definition) is 7. The van der Waals surface area contributed by atoms with Gasteiger partial charge in [-0.15, -0.1) is 12.6 Å². The molecule has 1 heterocycles. The van der Waals surface area contributed by atoms with Gasteiger partial charge >= 0.3 is 0 Å². The Kier molecular flexibility index (Phi) is 3.98. The van der Waals surface area contributed by atoms with Gasteiger partial charge in [0.1, 0.15) is 6.34 Å². The standard InChI is InChI=1S/C15H12N4O2S2/c16-9-11-1-5-13(6-2-11)23(20,21)14-7-3-12(4-8-14)19-10-17-18-15(19)22/h1-8,10,15,18,22H. The van der Waals surface area contributed by atoms with Crippen LogP contribution in [0.25, 0.3) is 0 Å². The molecule has 1 aliphatic rings. The van der Waals surface area contributed by atoms with Gasteiger partial charge in [0.05, 0.1) is 21.4 Å². The van der Waals surface area contributed by atoms with Gasteiger partial charge in [-0.05, 0) is 48.5 Å². The first kappa shape index (κ1) is 15.4. The van der Waals surface area contributed by atoms with Crippen molar-refractivity contribution in [1.82, 2.24) is 5.43 Å². The zero-order valence-electron chi connectivity index (χ0n) is 11.8. The third kappa shape index (κ3) is 2.88. The molecule has 1 N–H and O–H groups in total. The molecule has 3 rings (SSSR count). The average molecular weight is 344 g/mol. The van der Waals surface area contributed by atoms with E-state index in [0.717, 1.165) is 5.69 Å². The lowest BCUT2D eigenvalue weighted by molar-refractivity contribution is 0.596. The van der Waals surface area contributed by atoms with E-state index in [1.807, 2.05) is 6.07 Å². The Bertz CT molecular complexity index is 885. The fourth-order valence-electron chi connectivity index (χ4n) is 2.14. The van der Waals surface area contributed by atoms with Crippen molar-refractivity contribution < 1.29 is 8.42 Å². The molecule has 2 aromatic rings. The van der Waals surface area contributed by atoms with Crippen molar-refractivity contribution in [1.29, 1.82) is 5.26 Å². The van der Waals surface area contributed by atoms with E-state index in [1.165, 1.54) is 36.4 Å². The van der Waals surface area contributed by atoms with Gasteiger partial charge in [-0.2, -0.15) is 10.4 Å². The lowest BCUT2D eigenvalue weighted by Crippen LogP contribution is -2.31. The molecule has 116 valence electrons. The molecular formula is C15H12N4O2S2. The Hall–Kier alpha value is -2.50. The monoisotopic (exact) mass is 344 g/mol. The van der Waals surface area contributed by atoms with Crippen LogP contribution in [0, 0.1) is 11.3 Å². The highest BCUT2D eigenvalue weighted by atomic mass is 32.2. The van der Waals surface area contributed by atoms with Crippen molar-refractivity contribution in [3.63, 3.8) is 0 Å². The molecule has 8 heteroatoms. The highest BCUT2D eigenvalue weighted by molar-refractivity contribution is 7.91. The third-order valence-corrected chi connectivity index (χ3v) is 5.52. The molecule has 0 amide bonds. The van der Waals surface area contributed by atoms with Crippen molar-refractivity contribution in [3.05, 3.63) is 54.1 Å². The second-order valence-electron chi connectivity index (χ2n) is 4.79. The maximum atomic E-state index is 12.6. The number of sulfone groups is 1. The minimum atomic E-state index is -3.61. The molecule has 0 aliphatic carbocycles. The van der Waals surface area contributed by atoms with Crippen LogP contribution in [0.1, 0.15) is 5.56 Å². The number of rotatable bonds is 3. The maximum absolute atomic E-state index is 12.6. The van der Waals surface area contributed by atoms with Gasteiger partial charge in [0, 0.05) is 5.69 Å². The summed E-state index contributed by atoms with van der Waals surface area (Å²) in [6.07, 6.45) is 1.59. The molecule has 0 bridgehead atoms. The first-order chi connectivity index (χ1) is 11.0. The fraction of sp³-hybridized carbons (Fsp3) is 0.0667. The summed E-state index contributed by atoms with van der Waals surface area (Å²) in [7, 11) is -3.61. The summed E-state index contributed by atoms with van der Waals surface area (Å²) in [5.74, 6) is 0. The largest absolute Gasteiger partial charge is 0.300 e. The Morgan fingerprint density at radius 3 is 2.13 bits per heavy atom. The molecular weight excluding hydrogens is 332 g/mol. The normalized spacial score (nSPS) is 16.9. The first-order valence-corrected chi connectivity index (χ1v) is 8.63. The topological polar surface area (TPSA) is 85.6 Å². The Morgan fingerprint density at radius 1 is 1.09 bits per heavy atom. The summed E-state index contributed by atoms with van der Waals surface area (Å²) in [5.41, 5.74) is 3.68. The van der Waals surface area contributed by atoms with Crippen LogP contribution in [-0.2, 0) is 9.84 Å². The van der Waals surface area contributed by atoms with E-state index in [1.54, 1.807) is 23.4 Å². The molecule has 6 nitrogen and oxygen atoms in total. The number of hydrazone groups is 1. The number of hydrogen-bond donors (Lipinski definition) is 2. The maximum Gasteiger partial charge on any atom is 0.206 e. The van der Waals surface area contributed by atoms with Gasteiger partial charge in [0.2, 0.25) is 9.84 Å². The Balaban J connectivity index is 1.91. The van der Waals surface area contributed by atoms with Crippen LogP contribution in [-0.4, -0.2) is 20.3 Å². The van der Waals surface area contributed by atoms with E-state index >= 15 is 0 Å². The lowest BCUT2D eigenvalue weighted by Gasteiger charge is -2.19. The van der Waals surface area contributed by atoms with Crippen molar-refractivity contribution in [2.24, 2.45) is 5.10 Å². The highest BCUT2D eigenvalue weighted by Gasteiger charge is 2.20. The van der Waals surface area contributed by atoms with Crippen molar-refractivity contribution in [2.75, 3.05) is 4.90 Å². The average Bonchev–Trinajstić information content (AvgIpc) is 3.01. The predicted octanol–water partition coefficient (Wildman–Crippen LogP) is 1.96. The van der Waals surface area contributed by atoms with E-state index in [9.17, 15) is 8.42 Å². The summed E-state index contributed by atoms with van der Waals surface area (Å²) in [4.78, 5) is 2.10. The number of benzene rings is 2. The summed E-state index contributed by atoms with van der Waals surface area (Å²) < 4.78 is 25.2. The summed E-state index contributed by atoms with van der Waals surface area (Å²) in [5, 5.41) is 12.7. The van der Waals surface area contributed by atoms with Crippen LogP contribution in [0.5, 0.6) is 0 Å². The fourth-order valence-corrected chi connectivity index (χ4v) is 3.66. The molecule has 1 atom stereocenters. The third-order valence-electron chi connectivity index (χ3n) is 3.37. The number of nitriles is 1. The minimum absolute atomic E-state index is 0.153. The zero-order valence-corrected chi connectivity index (χ0v) is 13.5. The van der Waals surface area contributed by atoms with Gasteiger partial charge in [-0.3, -0.25) is 10.3 Å². The number of thiol groups is 1. The van der Waals surface area contributed by atoms with Crippen LogP contribution in [0.4, 0.5) is 5.69 Å². The predicted molar refractivity (Wildman–Crippen MR) is 89.9 cm³/mol. The number of anilines is 1. The van der Waals surface area contributed by atoms with Crippen LogP contribution >= 0.6 is 12.6 Å². The molecule has 1 unspecified atom stereocenters. The smallest absolute Gasteiger partial charge is 0.206 e. The lowest BCUT2D eigenvalue weighted by atomic mass is 10.2. The quantitative estimate of drug-likeness (QED) is 0.832. The molecule has 0 radical (unpaired) electrons. The van der Waals surface area contributed by atoms with Crippen LogP contribution < -0.4 is 10.3 Å². The molecule has 0 fully saturated rings. The van der Waals surface area contributed by atoms with E-state index in [0.29, 0.717) is 5.56 Å². The molecule has 23 heavy (non-hydrogen) atoms. The van der Waals surface area contributed by atoms with Gasteiger partial charge in [-0.25, -0.2) is 8.42 Å². The Labute approximate surface area is 139 Å². The molecule has 0 saturated heterocycles. The Morgan fingerprint density at radius 2 is 1.65 bits per heavy atom. The molecule has 0 spiro atoms. The van der Waals surface area contributed by atoms with Gasteiger partial charge in [0.15, 0.2) is 5.50 Å². The van der Waals surface area contributed by atoms with Gasteiger partial charge < -0.3 is 0 Å². The van der Waals surface area contributed by atoms with Crippen molar-refractivity contribution in [3.8, 4) is 6.07 Å². The molecule has 0 aromatic heterocycles. The van der Waals surface area contributed by atoms with E-state index < -0.39 is 9.84 Å².